The maximum Gasteiger partial charge on any atom is 0.327 e. The molecule has 1 heterocycles. The molecule has 1 amide bonds. The number of hydrogen-bond donors (Lipinski definition) is 0. The van der Waals surface area contributed by atoms with E-state index in [4.69, 9.17) is 31.1 Å². The number of rotatable bonds is 9. The van der Waals surface area contributed by atoms with Crippen LogP contribution in [-0.4, -0.2) is 68.7 Å². The zero-order valence-electron chi connectivity index (χ0n) is 19.3. The van der Waals surface area contributed by atoms with Crippen LogP contribution in [0.5, 0.6) is 11.5 Å². The van der Waals surface area contributed by atoms with E-state index in [9.17, 15) is 9.59 Å². The first-order chi connectivity index (χ1) is 16.5. The Morgan fingerprint density at radius 1 is 1.06 bits per heavy atom. The molecule has 3 rings (SSSR count). The Bertz CT molecular complexity index is 1030. The van der Waals surface area contributed by atoms with Gasteiger partial charge in [0.2, 0.25) is 5.91 Å². The normalized spacial score (nSPS) is 14.7. The molecule has 1 aliphatic rings. The van der Waals surface area contributed by atoms with E-state index in [1.807, 2.05) is 21.9 Å². The lowest BCUT2D eigenvalue weighted by Crippen LogP contribution is -2.51. The van der Waals surface area contributed by atoms with E-state index in [-0.39, 0.29) is 11.9 Å². The van der Waals surface area contributed by atoms with Gasteiger partial charge in [-0.25, -0.2) is 4.79 Å². The van der Waals surface area contributed by atoms with Crippen LogP contribution >= 0.6 is 11.6 Å². The third-order valence-electron chi connectivity index (χ3n) is 5.73. The Morgan fingerprint density at radius 2 is 1.76 bits per heavy atom. The van der Waals surface area contributed by atoms with Gasteiger partial charge in [0, 0.05) is 43.7 Å². The van der Waals surface area contributed by atoms with E-state index >= 15 is 0 Å². The molecule has 34 heavy (non-hydrogen) atoms. The molecule has 8 nitrogen and oxygen atoms in total. The van der Waals surface area contributed by atoms with Gasteiger partial charge in [-0.1, -0.05) is 23.7 Å². The molecule has 0 radical (unpaired) electrons. The van der Waals surface area contributed by atoms with Gasteiger partial charge in [0.1, 0.15) is 6.04 Å². The predicted octanol–water partition coefficient (Wildman–Crippen LogP) is 3.44. The van der Waals surface area contributed by atoms with Crippen molar-refractivity contribution in [3.8, 4) is 17.6 Å². The highest BCUT2D eigenvalue weighted by atomic mass is 35.5. The minimum absolute atomic E-state index is 0.0520. The fraction of sp³-hybridized carbons (Fsp3) is 0.400. The van der Waals surface area contributed by atoms with Gasteiger partial charge in [-0.05, 0) is 36.2 Å². The predicted molar refractivity (Wildman–Crippen MR) is 127 cm³/mol. The van der Waals surface area contributed by atoms with E-state index in [1.54, 1.807) is 30.3 Å². The zero-order chi connectivity index (χ0) is 24.5. The molecule has 1 aliphatic heterocycles. The van der Waals surface area contributed by atoms with Crippen molar-refractivity contribution in [1.82, 2.24) is 9.80 Å². The molecule has 1 atom stereocenters. The van der Waals surface area contributed by atoms with Gasteiger partial charge in [-0.2, -0.15) is 5.26 Å². The molecule has 1 fully saturated rings. The number of ether oxygens (including phenoxy) is 3. The first-order valence-corrected chi connectivity index (χ1v) is 11.4. The summed E-state index contributed by atoms with van der Waals surface area (Å²) in [6.45, 7) is 2.55. The number of carbonyl (C=O) groups is 2. The zero-order valence-corrected chi connectivity index (χ0v) is 20.1. The summed E-state index contributed by atoms with van der Waals surface area (Å²) in [7, 11) is 2.89. The summed E-state index contributed by atoms with van der Waals surface area (Å²) in [5.74, 6) is 0.745. The number of carbonyl (C=O) groups excluding carboxylic acids is 2. The Hall–Kier alpha value is -3.28. The molecule has 2 aromatic rings. The number of esters is 1. The minimum Gasteiger partial charge on any atom is -0.493 e. The lowest BCUT2D eigenvalue weighted by molar-refractivity contribution is -0.148. The highest BCUT2D eigenvalue weighted by molar-refractivity contribution is 6.30. The first kappa shape index (κ1) is 25.3. The van der Waals surface area contributed by atoms with Gasteiger partial charge in [0.25, 0.3) is 0 Å². The molecular weight excluding hydrogens is 458 g/mol. The fourth-order valence-electron chi connectivity index (χ4n) is 3.90. The number of hydrogen-bond acceptors (Lipinski definition) is 7. The molecule has 0 aromatic heterocycles. The molecule has 0 spiro atoms. The van der Waals surface area contributed by atoms with Crippen molar-refractivity contribution in [2.24, 2.45) is 0 Å². The van der Waals surface area contributed by atoms with E-state index in [2.05, 4.69) is 6.07 Å². The smallest absolute Gasteiger partial charge is 0.327 e. The van der Waals surface area contributed by atoms with Crippen LogP contribution in [0, 0.1) is 11.3 Å². The van der Waals surface area contributed by atoms with Gasteiger partial charge in [0.15, 0.2) is 11.5 Å². The average Bonchev–Trinajstić information content (AvgIpc) is 2.88. The monoisotopic (exact) mass is 485 g/mol. The van der Waals surface area contributed by atoms with E-state index in [0.717, 1.165) is 5.56 Å². The molecule has 0 aliphatic carbocycles. The third kappa shape index (κ3) is 6.40. The van der Waals surface area contributed by atoms with Crippen LogP contribution < -0.4 is 9.47 Å². The molecular formula is C25H28ClN3O5. The van der Waals surface area contributed by atoms with Gasteiger partial charge >= 0.3 is 5.97 Å². The Labute approximate surface area is 204 Å². The van der Waals surface area contributed by atoms with E-state index < -0.39 is 6.04 Å². The molecule has 9 heteroatoms. The molecule has 0 N–H and O–H groups in total. The van der Waals surface area contributed by atoms with Crippen molar-refractivity contribution >= 4 is 23.5 Å². The number of nitriles is 1. The summed E-state index contributed by atoms with van der Waals surface area (Å²) in [6, 6.07) is 13.6. The molecule has 1 saturated heterocycles. The van der Waals surface area contributed by atoms with Crippen LogP contribution in [-0.2, 0) is 14.3 Å². The summed E-state index contributed by atoms with van der Waals surface area (Å²) in [4.78, 5) is 29.0. The van der Waals surface area contributed by atoms with Crippen LogP contribution in [0.3, 0.4) is 0 Å². The number of piperazine rings is 1. The maximum atomic E-state index is 12.7. The van der Waals surface area contributed by atoms with Crippen molar-refractivity contribution in [3.63, 3.8) is 0 Å². The average molecular weight is 486 g/mol. The van der Waals surface area contributed by atoms with Gasteiger partial charge in [0.05, 0.1) is 32.5 Å². The minimum atomic E-state index is -0.532. The number of methoxy groups -OCH3 is 2. The third-order valence-corrected chi connectivity index (χ3v) is 5.98. The lowest BCUT2D eigenvalue weighted by Gasteiger charge is -2.38. The van der Waals surface area contributed by atoms with Crippen LogP contribution in [0.2, 0.25) is 5.02 Å². The Balaban J connectivity index is 1.48. The first-order valence-electron chi connectivity index (χ1n) is 11.0. The van der Waals surface area contributed by atoms with Crippen molar-refractivity contribution in [1.29, 1.82) is 5.26 Å². The summed E-state index contributed by atoms with van der Waals surface area (Å²) < 4.78 is 16.0. The SMILES string of the molecule is COC(=O)C(c1ccc(Cl)cc1)N1CCN(C(=O)CCCOc2ccc(C#N)cc2OC)CC1. The molecule has 0 bridgehead atoms. The van der Waals surface area contributed by atoms with Crippen LogP contribution in [0.25, 0.3) is 0 Å². The second-order valence-corrected chi connectivity index (χ2v) is 8.26. The highest BCUT2D eigenvalue weighted by Crippen LogP contribution is 2.28. The quantitative estimate of drug-likeness (QED) is 0.397. The van der Waals surface area contributed by atoms with Crippen LogP contribution in [0.15, 0.2) is 42.5 Å². The van der Waals surface area contributed by atoms with Crippen molar-refractivity contribution in [2.45, 2.75) is 18.9 Å². The summed E-state index contributed by atoms with van der Waals surface area (Å²) in [6.07, 6.45) is 0.911. The molecule has 1 unspecified atom stereocenters. The summed E-state index contributed by atoms with van der Waals surface area (Å²) in [5, 5.41) is 9.58. The lowest BCUT2D eigenvalue weighted by atomic mass is 10.0. The summed E-state index contributed by atoms with van der Waals surface area (Å²) >= 11 is 5.98. The molecule has 180 valence electrons. The van der Waals surface area contributed by atoms with Crippen molar-refractivity contribution in [2.75, 3.05) is 47.0 Å². The topological polar surface area (TPSA) is 92.1 Å². The maximum absolute atomic E-state index is 12.7. The van der Waals surface area contributed by atoms with Crippen LogP contribution in [0.4, 0.5) is 0 Å². The second-order valence-electron chi connectivity index (χ2n) is 7.82. The second kappa shape index (κ2) is 12.3. The molecule has 0 saturated carbocycles. The number of halogens is 1. The summed E-state index contributed by atoms with van der Waals surface area (Å²) in [5.41, 5.74) is 1.30. The van der Waals surface area contributed by atoms with E-state index in [1.165, 1.54) is 14.2 Å². The molecule has 2 aromatic carbocycles. The largest absolute Gasteiger partial charge is 0.493 e. The number of amides is 1. The van der Waals surface area contributed by atoms with Crippen molar-refractivity contribution < 1.29 is 23.8 Å². The van der Waals surface area contributed by atoms with E-state index in [0.29, 0.717) is 67.7 Å². The fourth-order valence-corrected chi connectivity index (χ4v) is 4.03. The Kier molecular flexibility index (Phi) is 9.14. The van der Waals surface area contributed by atoms with Gasteiger partial charge in [-0.15, -0.1) is 0 Å². The highest BCUT2D eigenvalue weighted by Gasteiger charge is 2.32. The number of benzene rings is 2. The number of nitrogens with zero attached hydrogens (tertiary/aromatic N) is 3. The van der Waals surface area contributed by atoms with Crippen LogP contribution in [0.1, 0.15) is 30.0 Å². The Morgan fingerprint density at radius 3 is 2.38 bits per heavy atom. The van der Waals surface area contributed by atoms with Crippen molar-refractivity contribution in [3.05, 3.63) is 58.6 Å². The van der Waals surface area contributed by atoms with Gasteiger partial charge in [-0.3, -0.25) is 9.69 Å². The van der Waals surface area contributed by atoms with Gasteiger partial charge < -0.3 is 19.1 Å². The standard InChI is InChI=1S/C25H28ClN3O5/c1-32-22-16-18(17-27)5-10-21(22)34-15-3-4-23(30)28-11-13-29(14-12-28)24(25(31)33-2)19-6-8-20(26)9-7-19/h5-10,16,24H,3-4,11-15H2,1-2H3.